The number of aromatic amines is 1. The Kier molecular flexibility index (Phi) is 6.78. The topological polar surface area (TPSA) is 78.1 Å². The lowest BCUT2D eigenvalue weighted by molar-refractivity contribution is -0.119. The molecule has 1 fully saturated rings. The van der Waals surface area contributed by atoms with Crippen LogP contribution in [0.2, 0.25) is 0 Å². The zero-order valence-electron chi connectivity index (χ0n) is 16.7. The van der Waals surface area contributed by atoms with E-state index in [0.717, 1.165) is 35.6 Å². The first-order valence-electron chi connectivity index (χ1n) is 9.72. The molecule has 2 aromatic rings. The van der Waals surface area contributed by atoms with Crippen molar-refractivity contribution in [2.24, 2.45) is 0 Å². The predicted octanol–water partition coefficient (Wildman–Crippen LogP) is 3.17. The third-order valence-electron chi connectivity index (χ3n) is 5.23. The highest BCUT2D eigenvalue weighted by Gasteiger charge is 2.27. The molecule has 28 heavy (non-hydrogen) atoms. The molecule has 0 radical (unpaired) electrons. The highest BCUT2D eigenvalue weighted by atomic mass is 32.2. The van der Waals surface area contributed by atoms with Crippen LogP contribution in [-0.4, -0.2) is 57.5 Å². The summed E-state index contributed by atoms with van der Waals surface area (Å²) in [4.78, 5) is 26.3. The van der Waals surface area contributed by atoms with Crippen LogP contribution in [0.5, 0.6) is 0 Å². The molecule has 1 aromatic carbocycles. The van der Waals surface area contributed by atoms with Crippen LogP contribution in [0.4, 0.5) is 0 Å². The molecule has 2 N–H and O–H groups in total. The number of benzene rings is 1. The number of amides is 2. The van der Waals surface area contributed by atoms with E-state index < -0.39 is 0 Å². The molecule has 6 nitrogen and oxygen atoms in total. The Hall–Kier alpha value is -2.28. The fraction of sp³-hybridized carbons (Fsp3) is 0.476. The van der Waals surface area contributed by atoms with Gasteiger partial charge in [0.25, 0.3) is 5.91 Å². The van der Waals surface area contributed by atoms with Crippen LogP contribution >= 0.6 is 11.8 Å². The second-order valence-electron chi connectivity index (χ2n) is 7.29. The maximum atomic E-state index is 13.2. The number of aromatic nitrogens is 2. The van der Waals surface area contributed by atoms with E-state index in [2.05, 4.69) is 41.5 Å². The summed E-state index contributed by atoms with van der Waals surface area (Å²) in [6, 6.07) is 8.22. The van der Waals surface area contributed by atoms with Crippen LogP contribution < -0.4 is 5.32 Å². The van der Waals surface area contributed by atoms with Gasteiger partial charge in [-0.05, 0) is 61.5 Å². The van der Waals surface area contributed by atoms with Crippen molar-refractivity contribution < 1.29 is 9.59 Å². The van der Waals surface area contributed by atoms with E-state index in [1.165, 1.54) is 18.1 Å². The van der Waals surface area contributed by atoms with Gasteiger partial charge in [0.05, 0.1) is 5.69 Å². The van der Waals surface area contributed by atoms with E-state index >= 15 is 0 Å². The van der Waals surface area contributed by atoms with Crippen molar-refractivity contribution in [1.29, 1.82) is 0 Å². The van der Waals surface area contributed by atoms with Crippen LogP contribution in [0.25, 0.3) is 11.3 Å². The maximum Gasteiger partial charge on any atom is 0.272 e. The van der Waals surface area contributed by atoms with Crippen LogP contribution in [0.3, 0.4) is 0 Å². The fourth-order valence-corrected chi connectivity index (χ4v) is 4.52. The Morgan fingerprint density at radius 1 is 1.21 bits per heavy atom. The summed E-state index contributed by atoms with van der Waals surface area (Å²) >= 11 is 1.93. The summed E-state index contributed by atoms with van der Waals surface area (Å²) < 4.78 is 0. The molecule has 0 saturated carbocycles. The van der Waals surface area contributed by atoms with Crippen molar-refractivity contribution in [2.45, 2.75) is 39.7 Å². The van der Waals surface area contributed by atoms with Crippen LogP contribution in [0.15, 0.2) is 24.3 Å². The molecule has 0 spiro atoms. The molecule has 7 heteroatoms. The van der Waals surface area contributed by atoms with Crippen molar-refractivity contribution in [3.8, 4) is 11.3 Å². The Bertz CT molecular complexity index is 843. The molecule has 150 valence electrons. The zero-order chi connectivity index (χ0) is 20.1. The quantitative estimate of drug-likeness (QED) is 0.781. The van der Waals surface area contributed by atoms with E-state index in [1.807, 2.05) is 28.8 Å². The first-order valence-corrected chi connectivity index (χ1v) is 10.9. The lowest BCUT2D eigenvalue weighted by atomic mass is 10.0. The van der Waals surface area contributed by atoms with Crippen molar-refractivity contribution >= 4 is 23.6 Å². The number of nitrogens with one attached hydrogen (secondary N) is 2. The Morgan fingerprint density at radius 3 is 2.64 bits per heavy atom. The molecule has 1 aliphatic heterocycles. The van der Waals surface area contributed by atoms with Gasteiger partial charge in [0.15, 0.2) is 0 Å². The SMILES string of the molecule is CC(=O)NCCN(C(=O)c1cc(-c2ccc(C)c(C)c2)n[nH]1)C1CCSCC1. The number of nitrogens with zero attached hydrogens (tertiary/aromatic N) is 2. The minimum atomic E-state index is -0.0785. The van der Waals surface area contributed by atoms with E-state index in [1.54, 1.807) is 0 Å². The lowest BCUT2D eigenvalue weighted by Crippen LogP contribution is -2.46. The van der Waals surface area contributed by atoms with Crippen LogP contribution in [-0.2, 0) is 4.79 Å². The molecular weight excluding hydrogens is 372 g/mol. The first-order chi connectivity index (χ1) is 13.5. The number of thioether (sulfide) groups is 1. The second-order valence-corrected chi connectivity index (χ2v) is 8.52. The van der Waals surface area contributed by atoms with Crippen molar-refractivity contribution in [3.63, 3.8) is 0 Å². The average molecular weight is 401 g/mol. The van der Waals surface area contributed by atoms with Gasteiger partial charge < -0.3 is 10.2 Å². The molecule has 0 aliphatic carbocycles. The van der Waals surface area contributed by atoms with Crippen LogP contribution in [0.1, 0.15) is 41.4 Å². The number of aryl methyl sites for hydroxylation is 2. The van der Waals surface area contributed by atoms with Gasteiger partial charge in [-0.1, -0.05) is 12.1 Å². The van der Waals surface area contributed by atoms with E-state index in [0.29, 0.717) is 18.8 Å². The summed E-state index contributed by atoms with van der Waals surface area (Å²) in [5.74, 6) is 1.99. The molecule has 1 aromatic heterocycles. The molecule has 1 saturated heterocycles. The summed E-state index contributed by atoms with van der Waals surface area (Å²) in [6.07, 6.45) is 1.96. The molecule has 2 amide bonds. The molecule has 2 heterocycles. The van der Waals surface area contributed by atoms with Gasteiger partial charge in [-0.2, -0.15) is 16.9 Å². The standard InChI is InChI=1S/C21H28N4O2S/c1-14-4-5-17(12-15(14)2)19-13-20(24-23-19)21(27)25(9-8-22-16(3)26)18-6-10-28-11-7-18/h4-5,12-13,18H,6-11H2,1-3H3,(H,22,26)(H,23,24). The van der Waals surface area contributed by atoms with Crippen LogP contribution in [0, 0.1) is 13.8 Å². The molecule has 0 bridgehead atoms. The van der Waals surface area contributed by atoms with Gasteiger partial charge in [0.1, 0.15) is 5.69 Å². The number of hydrogen-bond donors (Lipinski definition) is 2. The third kappa shape index (κ3) is 4.95. The van der Waals surface area contributed by atoms with E-state index in [-0.39, 0.29) is 17.9 Å². The summed E-state index contributed by atoms with van der Waals surface area (Å²) in [7, 11) is 0. The molecule has 0 atom stereocenters. The first kappa shape index (κ1) is 20.5. The van der Waals surface area contributed by atoms with Gasteiger partial charge in [-0.3, -0.25) is 14.7 Å². The summed E-state index contributed by atoms with van der Waals surface area (Å²) in [5, 5.41) is 10.1. The average Bonchev–Trinajstić information content (AvgIpc) is 3.18. The number of rotatable bonds is 6. The minimum absolute atomic E-state index is 0.0511. The van der Waals surface area contributed by atoms with Gasteiger partial charge >= 0.3 is 0 Å². The van der Waals surface area contributed by atoms with Crippen molar-refractivity contribution in [1.82, 2.24) is 20.4 Å². The zero-order valence-corrected chi connectivity index (χ0v) is 17.6. The summed E-state index contributed by atoms with van der Waals surface area (Å²) in [5.41, 5.74) is 4.69. The number of carbonyl (C=O) groups is 2. The van der Waals surface area contributed by atoms with E-state index in [4.69, 9.17) is 0 Å². The predicted molar refractivity (Wildman–Crippen MR) is 114 cm³/mol. The number of carbonyl (C=O) groups excluding carboxylic acids is 2. The molecule has 1 aliphatic rings. The maximum absolute atomic E-state index is 13.2. The third-order valence-corrected chi connectivity index (χ3v) is 6.28. The number of hydrogen-bond acceptors (Lipinski definition) is 4. The van der Waals surface area contributed by atoms with Crippen molar-refractivity contribution in [2.75, 3.05) is 24.6 Å². The van der Waals surface area contributed by atoms with Crippen molar-refractivity contribution in [3.05, 3.63) is 41.1 Å². The normalized spacial score (nSPS) is 14.7. The van der Waals surface area contributed by atoms with E-state index in [9.17, 15) is 9.59 Å². The largest absolute Gasteiger partial charge is 0.355 e. The second kappa shape index (κ2) is 9.28. The molecule has 3 rings (SSSR count). The molecule has 0 unspecified atom stereocenters. The smallest absolute Gasteiger partial charge is 0.272 e. The van der Waals surface area contributed by atoms with Gasteiger partial charge in [-0.15, -0.1) is 0 Å². The van der Waals surface area contributed by atoms with Gasteiger partial charge in [0.2, 0.25) is 5.91 Å². The highest BCUT2D eigenvalue weighted by Crippen LogP contribution is 2.25. The lowest BCUT2D eigenvalue weighted by Gasteiger charge is -2.34. The van der Waals surface area contributed by atoms with Gasteiger partial charge in [-0.25, -0.2) is 0 Å². The summed E-state index contributed by atoms with van der Waals surface area (Å²) in [6.45, 7) is 6.61. The molecular formula is C21H28N4O2S. The highest BCUT2D eigenvalue weighted by molar-refractivity contribution is 7.99. The Balaban J connectivity index is 1.78. The fourth-order valence-electron chi connectivity index (χ4n) is 3.43. The Morgan fingerprint density at radius 2 is 1.96 bits per heavy atom. The van der Waals surface area contributed by atoms with Gasteiger partial charge in [0, 0.05) is 31.6 Å². The monoisotopic (exact) mass is 400 g/mol. The number of H-pyrrole nitrogens is 1. The Labute approximate surface area is 170 Å². The minimum Gasteiger partial charge on any atom is -0.355 e.